The molecule has 12 rings (SSSR count). The van der Waals surface area contributed by atoms with Crippen LogP contribution >= 0.6 is 112 Å². The van der Waals surface area contributed by atoms with Crippen LogP contribution in [0, 0.1) is 27.7 Å². The molecule has 0 aliphatic carbocycles. The topological polar surface area (TPSA) is 159 Å². The van der Waals surface area contributed by atoms with Crippen LogP contribution in [0.15, 0.2) is 140 Å². The predicted octanol–water partition coefficient (Wildman–Crippen LogP) is 28.3. The normalized spacial score (nSPS) is 12.2. The van der Waals surface area contributed by atoms with Crippen LogP contribution in [0.25, 0.3) is 64.0 Å². The molecule has 1 atom stereocenters. The number of aryl methyl sites for hydroxylation is 4. The van der Waals surface area contributed by atoms with Gasteiger partial charge in [-0.15, -0.1) is 45.3 Å². The second-order valence-corrected chi connectivity index (χ2v) is 40.1. The molecule has 0 fully saturated rings. The summed E-state index contributed by atoms with van der Waals surface area (Å²) in [6, 6.07) is 41.9. The van der Waals surface area contributed by atoms with Crippen LogP contribution in [0.3, 0.4) is 0 Å². The van der Waals surface area contributed by atoms with Gasteiger partial charge in [-0.2, -0.15) is 0 Å². The first-order chi connectivity index (χ1) is 51.9. The van der Waals surface area contributed by atoms with Gasteiger partial charge >= 0.3 is 0 Å². The molecule has 0 saturated carbocycles. The number of fused-ring (bicyclic) bond motifs is 2. The van der Waals surface area contributed by atoms with E-state index in [0.29, 0.717) is 48.6 Å². The average Bonchev–Trinajstić information content (AvgIpc) is 1.69. The number of benzene rings is 5. The summed E-state index contributed by atoms with van der Waals surface area (Å²) in [5.41, 5.74) is 15.7. The van der Waals surface area contributed by atoms with Gasteiger partial charge in [0.2, 0.25) is 5.89 Å². The van der Waals surface area contributed by atoms with Crippen LogP contribution in [0.4, 0.5) is 0 Å². The molecule has 0 aliphatic rings. The third kappa shape index (κ3) is 31.2. The van der Waals surface area contributed by atoms with E-state index in [0.717, 1.165) is 88.3 Å². The van der Waals surface area contributed by atoms with Crippen molar-refractivity contribution in [3.8, 4) is 43.4 Å². The second-order valence-electron chi connectivity index (χ2n) is 31.8. The van der Waals surface area contributed by atoms with E-state index >= 15 is 0 Å². The Morgan fingerprint density at radius 2 is 0.865 bits per heavy atom. The zero-order valence-corrected chi connectivity index (χ0v) is 77.9. The van der Waals surface area contributed by atoms with Crippen LogP contribution in [0.5, 0.6) is 0 Å². The molecular weight excluding hydrogens is 1660 g/mol. The fourth-order valence-electron chi connectivity index (χ4n) is 10.1. The Morgan fingerprint density at radius 1 is 0.423 bits per heavy atom. The van der Waals surface area contributed by atoms with Crippen molar-refractivity contribution in [1.29, 1.82) is 0 Å². The third-order valence-electron chi connectivity index (χ3n) is 15.9. The first kappa shape index (κ1) is 92.6. The van der Waals surface area contributed by atoms with Gasteiger partial charge in [-0.25, -0.2) is 34.9 Å². The lowest BCUT2D eigenvalue weighted by Gasteiger charge is -2.19. The van der Waals surface area contributed by atoms with Gasteiger partial charge in [0.25, 0.3) is 0 Å². The number of ether oxygens (including phenoxy) is 6. The van der Waals surface area contributed by atoms with E-state index in [-0.39, 0.29) is 52.6 Å². The molecule has 1 unspecified atom stereocenters. The summed E-state index contributed by atoms with van der Waals surface area (Å²) in [4.78, 5) is 34.9. The molecule has 0 N–H and O–H groups in total. The quantitative estimate of drug-likeness (QED) is 0.0709. The van der Waals surface area contributed by atoms with Gasteiger partial charge in [0.1, 0.15) is 53.8 Å². The summed E-state index contributed by atoms with van der Waals surface area (Å²) in [6.07, 6.45) is 2.52. The summed E-state index contributed by atoms with van der Waals surface area (Å²) in [5, 5.41) is 6.38. The van der Waals surface area contributed by atoms with Crippen LogP contribution < -0.4 is 0 Å². The highest BCUT2D eigenvalue weighted by atomic mass is 79.9. The molecule has 14 nitrogen and oxygen atoms in total. The van der Waals surface area contributed by atoms with Crippen molar-refractivity contribution in [2.24, 2.45) is 0 Å². The van der Waals surface area contributed by atoms with Crippen molar-refractivity contribution in [2.75, 3.05) is 0 Å². The van der Waals surface area contributed by atoms with E-state index in [9.17, 15) is 0 Å². The Labute approximate surface area is 706 Å². The number of nitrogens with zero attached hydrogens (tertiary/aromatic N) is 7. The third-order valence-corrected chi connectivity index (χ3v) is 23.1. The molecule has 5 aromatic carbocycles. The largest absolute Gasteiger partial charge is 0.431 e. The number of pyridine rings is 1. The Balaban J connectivity index is 0.000000186. The smallest absolute Gasteiger partial charge is 0.222 e. The molecule has 0 radical (unpaired) electrons. The van der Waals surface area contributed by atoms with Crippen LogP contribution in [0.2, 0.25) is 10.0 Å². The van der Waals surface area contributed by atoms with Crippen molar-refractivity contribution in [2.45, 2.75) is 259 Å². The lowest BCUT2D eigenvalue weighted by atomic mass is 9.86. The van der Waals surface area contributed by atoms with Gasteiger partial charge in [-0.05, 0) is 221 Å². The zero-order chi connectivity index (χ0) is 81.9. The maximum Gasteiger partial charge on any atom is 0.222 e. The number of hydrogen-bond donors (Lipinski definition) is 0. The van der Waals surface area contributed by atoms with E-state index < -0.39 is 0 Å². The SMILES string of the molecule is CC(C)(C)OCc1nc2cc(Cl)ccc2s1.CC(C)OCc1nc2cc(Cl)cnc2s1.Cc1ccc(-c2nc(COC(C)(C)C)sc2Br)cc1.Cc1ccc(-c2nc(COC(C)C)oc2Br)cc1.Cc1nc(C(C)OC(C)C)sc1-c1ccc(C(C)(C)C)cc1.Cc1nc(COC(C)C)sc1-c1ccc(C(C)(C)C)cc1. The monoisotopic (exact) mass is 1770 g/mol. The number of hydrogen-bond acceptors (Lipinski definition) is 19. The van der Waals surface area contributed by atoms with E-state index in [2.05, 4.69) is 257 Å². The minimum absolute atomic E-state index is 0.0475. The fraction of sp³-hybridized carbons (Fsp3) is 0.443. The lowest BCUT2D eigenvalue weighted by Crippen LogP contribution is -2.18. The number of rotatable bonds is 20. The van der Waals surface area contributed by atoms with Crippen molar-refractivity contribution >= 4 is 132 Å². The van der Waals surface area contributed by atoms with Crippen LogP contribution in [0.1, 0.15) is 216 Å². The predicted molar refractivity (Wildman–Crippen MR) is 477 cm³/mol. The molecule has 0 spiro atoms. The van der Waals surface area contributed by atoms with E-state index in [1.807, 2.05) is 98.7 Å². The van der Waals surface area contributed by atoms with Crippen molar-refractivity contribution in [3.05, 3.63) is 211 Å². The summed E-state index contributed by atoms with van der Waals surface area (Å²) >= 11 is 27.0. The molecule has 0 bridgehead atoms. The summed E-state index contributed by atoms with van der Waals surface area (Å²) in [5.74, 6) is 0.589. The Kier molecular flexibility index (Phi) is 35.3. The summed E-state index contributed by atoms with van der Waals surface area (Å²) in [7, 11) is 0. The molecule has 111 heavy (non-hydrogen) atoms. The number of thiazole rings is 5. The fourth-order valence-corrected chi connectivity index (χ4v) is 16.3. The number of aromatic nitrogens is 7. The Bertz CT molecular complexity index is 4830. The lowest BCUT2D eigenvalue weighted by molar-refractivity contribution is -0.0152. The number of halogens is 4. The van der Waals surface area contributed by atoms with Crippen molar-refractivity contribution in [3.63, 3.8) is 0 Å². The van der Waals surface area contributed by atoms with Gasteiger partial charge in [-0.1, -0.05) is 184 Å². The van der Waals surface area contributed by atoms with Gasteiger partial charge in [0, 0.05) is 22.3 Å². The van der Waals surface area contributed by atoms with Gasteiger partial charge in [-0.3, -0.25) is 0 Å². The van der Waals surface area contributed by atoms with E-state index in [1.165, 1.54) is 43.1 Å². The maximum absolute atomic E-state index is 5.91. The maximum atomic E-state index is 5.91. The molecule has 598 valence electrons. The average molecular weight is 1770 g/mol. The standard InChI is InChI=1S/C19H27NOS.C18H25NOS.C15H18BrNOS.C14H16BrNO2.C12H14ClNOS.C10H11ClN2OS/c1-12(2)21-14(4)18-20-13(3)17(22-18)15-8-10-16(11-9-15)19(5,6)7;1-12(2)20-11-16-19-13(3)17(21-16)14-7-9-15(10-8-14)18(4,5)6;1-10-5-7-11(8-6-10)13-14(16)19-12(17-13)9-18-15(2,3)4;1-9(2)17-8-12-16-13(14(15)18-12)11-6-4-10(3)5-7-11;1-12(2,3)15-7-11-14-9-6-8(13)4-5-10(9)16-11;1-6(2)14-5-9-13-8-3-7(11)4-12-10(8)15-9/h8-12,14H,1-7H3;7-10,12H,11H2,1-6H3;5-8H,9H2,1-4H3;4-7,9H,8H2,1-3H3;4-6H,7H2,1-3H3;3-4,6H,5H2,1-2H3. The molecule has 12 aromatic rings. The van der Waals surface area contributed by atoms with Gasteiger partial charge in [0.05, 0.1) is 108 Å². The zero-order valence-electron chi connectivity index (χ0n) is 69.1. The van der Waals surface area contributed by atoms with Crippen molar-refractivity contribution in [1.82, 2.24) is 34.9 Å². The first-order valence-corrected chi connectivity index (χ1v) is 43.7. The number of oxazole rings is 1. The van der Waals surface area contributed by atoms with E-state index in [1.54, 1.807) is 62.9 Å². The van der Waals surface area contributed by atoms with Gasteiger partial charge in [0.15, 0.2) is 4.67 Å². The van der Waals surface area contributed by atoms with Crippen molar-refractivity contribution < 1.29 is 32.8 Å². The highest BCUT2D eigenvalue weighted by Gasteiger charge is 2.22. The highest BCUT2D eigenvalue weighted by Crippen LogP contribution is 2.39. The minimum atomic E-state index is -0.137. The molecule has 0 aliphatic heterocycles. The van der Waals surface area contributed by atoms with E-state index in [4.69, 9.17) is 61.0 Å². The summed E-state index contributed by atoms with van der Waals surface area (Å²) < 4.78 is 42.3. The molecule has 0 saturated heterocycles. The minimum Gasteiger partial charge on any atom is -0.431 e. The second kappa shape index (κ2) is 42.3. The van der Waals surface area contributed by atoms with Gasteiger partial charge < -0.3 is 32.8 Å². The molecule has 0 amide bonds. The van der Waals surface area contributed by atoms with Crippen LogP contribution in [-0.4, -0.2) is 70.5 Å². The Hall–Kier alpha value is -5.57. The molecule has 7 aromatic heterocycles. The Morgan fingerprint density at radius 3 is 1.36 bits per heavy atom. The molecule has 7 heterocycles. The molecular formula is C88H111Br2Cl2N7O7S5. The van der Waals surface area contributed by atoms with Crippen LogP contribution in [-0.2, 0) is 72.3 Å². The highest BCUT2D eigenvalue weighted by molar-refractivity contribution is 9.11. The molecule has 23 heteroatoms. The summed E-state index contributed by atoms with van der Waals surface area (Å²) in [6.45, 7) is 54.9. The first-order valence-electron chi connectivity index (χ1n) is 37.3.